The molecule has 3 aliphatic heterocycles. The number of carbonyl (C=O) groups is 3. The van der Waals surface area contributed by atoms with E-state index in [1.54, 1.807) is 0 Å². The van der Waals surface area contributed by atoms with Gasteiger partial charge in [0, 0.05) is 41.3 Å². The van der Waals surface area contributed by atoms with E-state index in [-0.39, 0.29) is 53.1 Å². The van der Waals surface area contributed by atoms with Crippen molar-refractivity contribution in [3.8, 4) is 11.1 Å². The van der Waals surface area contributed by atoms with Crippen molar-refractivity contribution >= 4 is 61.5 Å². The first-order valence-corrected chi connectivity index (χ1v) is 22.8. The molecular formula is C50H59N7O5. The number of hydrogen-bond acceptors (Lipinski definition) is 7. The van der Waals surface area contributed by atoms with Crippen molar-refractivity contribution in [3.63, 3.8) is 0 Å². The van der Waals surface area contributed by atoms with E-state index < -0.39 is 12.1 Å². The van der Waals surface area contributed by atoms with Gasteiger partial charge in [0.15, 0.2) is 0 Å². The lowest BCUT2D eigenvalue weighted by Gasteiger charge is -2.33. The van der Waals surface area contributed by atoms with Gasteiger partial charge in [0.05, 0.1) is 47.9 Å². The molecule has 0 unspecified atom stereocenters. The first kappa shape index (κ1) is 40.6. The van der Waals surface area contributed by atoms with Crippen LogP contribution in [0.2, 0.25) is 0 Å². The van der Waals surface area contributed by atoms with Crippen LogP contribution in [0.1, 0.15) is 103 Å². The van der Waals surface area contributed by atoms with E-state index >= 15 is 0 Å². The number of nitrogens with zero attached hydrogens (tertiary/aromatic N) is 4. The fraction of sp³-hybridized carbons (Fsp3) is 0.500. The smallest absolute Gasteiger partial charge is 0.407 e. The molecule has 1 spiro atoms. The van der Waals surface area contributed by atoms with Gasteiger partial charge in [-0.15, -0.1) is 0 Å². The number of aromatic nitrogens is 4. The molecule has 324 valence electrons. The molecule has 0 radical (unpaired) electrons. The molecule has 3 N–H and O–H groups in total. The molecule has 12 nitrogen and oxygen atoms in total. The largest absolute Gasteiger partial charge is 0.453 e. The van der Waals surface area contributed by atoms with Gasteiger partial charge in [-0.1, -0.05) is 77.4 Å². The minimum atomic E-state index is -0.686. The number of hydrogen-bond donors (Lipinski definition) is 3. The maximum Gasteiger partial charge on any atom is 0.407 e. The molecule has 0 bridgehead atoms. The molecule has 1 aliphatic carbocycles. The summed E-state index contributed by atoms with van der Waals surface area (Å²) >= 11 is 0. The van der Waals surface area contributed by atoms with Gasteiger partial charge in [-0.05, 0) is 102 Å². The molecule has 1 saturated carbocycles. The van der Waals surface area contributed by atoms with Crippen LogP contribution in [0.15, 0.2) is 60.7 Å². The van der Waals surface area contributed by atoms with Crippen LogP contribution in [-0.2, 0) is 19.1 Å². The van der Waals surface area contributed by atoms with Crippen LogP contribution >= 0.6 is 0 Å². The van der Waals surface area contributed by atoms with Crippen molar-refractivity contribution in [2.24, 2.45) is 29.1 Å². The summed E-state index contributed by atoms with van der Waals surface area (Å²) in [7, 11) is 1.32. The number of aromatic amines is 2. The van der Waals surface area contributed by atoms with E-state index in [9.17, 15) is 14.4 Å². The fourth-order valence-electron chi connectivity index (χ4n) is 11.3. The van der Waals surface area contributed by atoms with Crippen LogP contribution in [0, 0.1) is 29.1 Å². The normalized spacial score (nSPS) is 24.9. The molecule has 6 aromatic rings. The quantitative estimate of drug-likeness (QED) is 0.138. The Kier molecular flexibility index (Phi) is 10.3. The lowest BCUT2D eigenvalue weighted by Crippen LogP contribution is -2.53. The SMILES string of the molecule is COC(=O)N[C@H](C(=O)N1[C@H](c2nc3ccc4cc(-c5ccc6c(ccc7nc([C@@H]8C[C@@]9(CCCOC9)CN8C(=O)[C@@H](C)C(C)C)[nH]c76)c5)ccc4c3[nH]2)C[C@@H]2CCC[C@@H]21)C(C)C. The van der Waals surface area contributed by atoms with E-state index in [1.807, 2.05) is 18.7 Å². The summed E-state index contributed by atoms with van der Waals surface area (Å²) in [6, 6.07) is 20.8. The second-order valence-corrected chi connectivity index (χ2v) is 19.5. The highest BCUT2D eigenvalue weighted by Gasteiger charge is 2.51. The monoisotopic (exact) mass is 837 g/mol. The van der Waals surface area contributed by atoms with Gasteiger partial charge in [0.25, 0.3) is 0 Å². The number of benzene rings is 4. The predicted octanol–water partition coefficient (Wildman–Crippen LogP) is 9.60. The number of alkyl carbamates (subject to hydrolysis) is 1. The van der Waals surface area contributed by atoms with Crippen LogP contribution in [0.4, 0.5) is 4.79 Å². The zero-order valence-electron chi connectivity index (χ0n) is 36.8. The Morgan fingerprint density at radius 1 is 0.806 bits per heavy atom. The minimum Gasteiger partial charge on any atom is -0.453 e. The van der Waals surface area contributed by atoms with Gasteiger partial charge >= 0.3 is 6.09 Å². The van der Waals surface area contributed by atoms with Gasteiger partial charge in [-0.3, -0.25) is 9.59 Å². The summed E-state index contributed by atoms with van der Waals surface area (Å²) in [4.78, 5) is 62.3. The zero-order valence-corrected chi connectivity index (χ0v) is 36.8. The Morgan fingerprint density at radius 3 is 2.03 bits per heavy atom. The molecule has 2 aromatic heterocycles. The maximum atomic E-state index is 14.3. The van der Waals surface area contributed by atoms with E-state index in [4.69, 9.17) is 19.4 Å². The van der Waals surface area contributed by atoms with Crippen molar-refractivity contribution in [1.29, 1.82) is 0 Å². The maximum absolute atomic E-state index is 14.3. The molecular weight excluding hydrogens is 779 g/mol. The average Bonchev–Trinajstić information content (AvgIpc) is 4.12. The molecule has 4 aliphatic rings. The van der Waals surface area contributed by atoms with E-state index in [0.29, 0.717) is 19.1 Å². The van der Waals surface area contributed by atoms with Gasteiger partial charge < -0.3 is 34.6 Å². The Bertz CT molecular complexity index is 2710. The summed E-state index contributed by atoms with van der Waals surface area (Å²) in [6.45, 7) is 12.4. The van der Waals surface area contributed by atoms with Crippen LogP contribution in [0.5, 0.6) is 0 Å². The summed E-state index contributed by atoms with van der Waals surface area (Å²) in [5.41, 5.74) is 5.93. The zero-order chi connectivity index (χ0) is 43.0. The first-order chi connectivity index (χ1) is 29.9. The minimum absolute atomic E-state index is 0.0315. The Balaban J connectivity index is 0.943. The number of methoxy groups -OCH3 is 1. The van der Waals surface area contributed by atoms with Gasteiger partial charge in [0.1, 0.15) is 17.7 Å². The molecule has 4 fully saturated rings. The van der Waals surface area contributed by atoms with Crippen molar-refractivity contribution in [1.82, 2.24) is 35.1 Å². The van der Waals surface area contributed by atoms with Crippen LogP contribution < -0.4 is 5.32 Å². The summed E-state index contributed by atoms with van der Waals surface area (Å²) < 4.78 is 10.9. The number of ether oxygens (including phenoxy) is 2. The second-order valence-electron chi connectivity index (χ2n) is 19.5. The molecule has 3 saturated heterocycles. The third-order valence-electron chi connectivity index (χ3n) is 15.0. The van der Waals surface area contributed by atoms with Crippen molar-refractivity contribution in [2.75, 3.05) is 26.9 Å². The average molecular weight is 838 g/mol. The summed E-state index contributed by atoms with van der Waals surface area (Å²) in [5.74, 6) is 2.27. The standard InChI is InChI=1S/C50H59N7O5/c1-27(2)29(5)47(58)56-25-50(19-8-20-62-26-50)24-41(56)46-52-38-18-14-33-22-31(12-16-36(33)44(38)54-46)30-11-15-35-32(21-30)13-17-37-43(35)53-45(51-37)40-23-34-9-7-10-39(34)57(40)48(59)42(28(3)4)55-49(60)61-6/h11-18,21-22,27-29,34,39-42H,7-10,19-20,23-26H2,1-6H3,(H,51,53)(H,52,54)(H,55,60)/t29-,34-,39-,40-,41-,42-,50-/m0/s1. The van der Waals surface area contributed by atoms with Gasteiger partial charge in [0.2, 0.25) is 11.8 Å². The first-order valence-electron chi connectivity index (χ1n) is 22.8. The van der Waals surface area contributed by atoms with Crippen molar-refractivity contribution in [3.05, 3.63) is 72.3 Å². The van der Waals surface area contributed by atoms with E-state index in [0.717, 1.165) is 118 Å². The van der Waals surface area contributed by atoms with Crippen molar-refractivity contribution < 1.29 is 23.9 Å². The predicted molar refractivity (Wildman–Crippen MR) is 241 cm³/mol. The topological polar surface area (TPSA) is 146 Å². The summed E-state index contributed by atoms with van der Waals surface area (Å²) in [6.07, 6.45) is 6.34. The van der Waals surface area contributed by atoms with Crippen LogP contribution in [0.25, 0.3) is 54.7 Å². The Hall–Kier alpha value is -5.49. The highest BCUT2D eigenvalue weighted by atomic mass is 16.5. The number of nitrogens with one attached hydrogen (secondary N) is 3. The second kappa shape index (κ2) is 15.7. The number of likely N-dealkylation sites (tertiary alicyclic amines) is 2. The number of H-pyrrole nitrogens is 2. The van der Waals surface area contributed by atoms with Crippen molar-refractivity contribution in [2.45, 2.75) is 104 Å². The third-order valence-corrected chi connectivity index (χ3v) is 15.0. The molecule has 5 heterocycles. The molecule has 12 heteroatoms. The third kappa shape index (κ3) is 6.89. The Labute approximate surface area is 362 Å². The number of rotatable bonds is 8. The van der Waals surface area contributed by atoms with Gasteiger partial charge in [-0.2, -0.15) is 0 Å². The molecule has 7 atom stereocenters. The van der Waals surface area contributed by atoms with Crippen LogP contribution in [-0.4, -0.2) is 86.6 Å². The van der Waals surface area contributed by atoms with E-state index in [1.165, 1.54) is 7.11 Å². The lowest BCUT2D eigenvalue weighted by atomic mass is 9.80. The highest BCUT2D eigenvalue weighted by molar-refractivity contribution is 6.07. The highest BCUT2D eigenvalue weighted by Crippen LogP contribution is 2.49. The number of amides is 3. The van der Waals surface area contributed by atoms with Crippen LogP contribution in [0.3, 0.4) is 0 Å². The van der Waals surface area contributed by atoms with Gasteiger partial charge in [-0.25, -0.2) is 14.8 Å². The Morgan fingerprint density at radius 2 is 1.45 bits per heavy atom. The number of fused-ring (bicyclic) bond motifs is 7. The summed E-state index contributed by atoms with van der Waals surface area (Å²) in [5, 5.41) is 7.20. The lowest BCUT2D eigenvalue weighted by molar-refractivity contribution is -0.138. The molecule has 10 rings (SSSR count). The fourth-order valence-corrected chi connectivity index (χ4v) is 11.3. The molecule has 3 amide bonds. The molecule has 4 aromatic carbocycles. The number of imidazole rings is 2. The molecule has 62 heavy (non-hydrogen) atoms. The number of carbonyl (C=O) groups excluding carboxylic acids is 3. The van der Waals surface area contributed by atoms with E-state index in [2.05, 4.69) is 102 Å².